The van der Waals surface area contributed by atoms with E-state index in [4.69, 9.17) is 4.74 Å². The Hall–Kier alpha value is -3.62. The van der Waals surface area contributed by atoms with Crippen molar-refractivity contribution < 1.29 is 19.1 Å². The standard InChI is InChI=1S/C28H24N2O4S2/c1-17-18(2)36-27-23(29-22(31)16-21-14-9-15-35-21)26(32)30(27)24(17)28(33)34-25(19-10-5-3-6-11-19)20-12-7-4-8-13-20/h3-15,23-25,27H,1-2,16H2,(H,29,31)/t23?,24?,27-/m0/s1. The minimum absolute atomic E-state index is 0.202. The topological polar surface area (TPSA) is 75.7 Å². The van der Waals surface area contributed by atoms with Gasteiger partial charge >= 0.3 is 5.97 Å². The highest BCUT2D eigenvalue weighted by Gasteiger charge is 2.57. The molecule has 8 heteroatoms. The molecule has 0 spiro atoms. The minimum atomic E-state index is -1.00. The molecule has 2 fully saturated rings. The van der Waals surface area contributed by atoms with Crippen LogP contribution < -0.4 is 5.32 Å². The van der Waals surface area contributed by atoms with Gasteiger partial charge in [0.05, 0.1) is 6.42 Å². The third-order valence-corrected chi connectivity index (χ3v) is 8.37. The highest BCUT2D eigenvalue weighted by Crippen LogP contribution is 2.46. The number of hydrogen-bond donors (Lipinski definition) is 1. The second-order valence-corrected chi connectivity index (χ2v) is 10.8. The fourth-order valence-electron chi connectivity index (χ4n) is 4.38. The number of ether oxygens (including phenoxy) is 1. The van der Waals surface area contributed by atoms with Gasteiger partial charge in [-0.1, -0.05) is 91.6 Å². The number of amides is 2. The lowest BCUT2D eigenvalue weighted by molar-refractivity contribution is -0.165. The zero-order valence-electron chi connectivity index (χ0n) is 19.3. The van der Waals surface area contributed by atoms with E-state index in [1.165, 1.54) is 28.0 Å². The lowest BCUT2D eigenvalue weighted by atomic mass is 9.96. The maximum Gasteiger partial charge on any atom is 0.334 e. The summed E-state index contributed by atoms with van der Waals surface area (Å²) in [6.07, 6.45) is -0.444. The second-order valence-electron chi connectivity index (χ2n) is 8.54. The van der Waals surface area contributed by atoms with Gasteiger partial charge in [-0.2, -0.15) is 0 Å². The molecule has 2 saturated heterocycles. The van der Waals surface area contributed by atoms with E-state index < -0.39 is 29.5 Å². The summed E-state index contributed by atoms with van der Waals surface area (Å²) >= 11 is 2.82. The summed E-state index contributed by atoms with van der Waals surface area (Å²) in [5.41, 5.74) is 2.06. The van der Waals surface area contributed by atoms with Crippen LogP contribution in [-0.2, 0) is 25.5 Å². The number of carbonyl (C=O) groups is 3. The third kappa shape index (κ3) is 4.62. The van der Waals surface area contributed by atoms with Gasteiger partial charge in [-0.15, -0.1) is 11.3 Å². The SMILES string of the molecule is C=C1S[C@H]2C(NC(=O)Cc3cccs3)C(=O)N2C(C(=O)OC(c2ccccc2)c2ccccc2)C1=C. The number of thiophene rings is 1. The van der Waals surface area contributed by atoms with Gasteiger partial charge in [-0.05, 0) is 28.1 Å². The average Bonchev–Trinajstić information content (AvgIpc) is 3.41. The quantitative estimate of drug-likeness (QED) is 0.371. The van der Waals surface area contributed by atoms with Crippen LogP contribution in [0.15, 0.2) is 102 Å². The largest absolute Gasteiger partial charge is 0.451 e. The number of rotatable bonds is 7. The Bertz CT molecular complexity index is 1270. The van der Waals surface area contributed by atoms with Gasteiger partial charge in [0.15, 0.2) is 12.1 Å². The Morgan fingerprint density at radius 1 is 0.972 bits per heavy atom. The summed E-state index contributed by atoms with van der Waals surface area (Å²) in [6, 6.07) is 20.9. The first kappa shape index (κ1) is 24.1. The van der Waals surface area contributed by atoms with E-state index in [9.17, 15) is 14.4 Å². The van der Waals surface area contributed by atoms with E-state index in [0.29, 0.717) is 10.5 Å². The molecule has 0 bridgehead atoms. The zero-order chi connectivity index (χ0) is 25.2. The molecule has 0 radical (unpaired) electrons. The number of nitrogens with zero attached hydrogens (tertiary/aromatic N) is 1. The van der Waals surface area contributed by atoms with Gasteiger partial charge in [0.2, 0.25) is 11.8 Å². The normalized spacial score (nSPS) is 21.1. The van der Waals surface area contributed by atoms with Crippen molar-refractivity contribution in [1.29, 1.82) is 0 Å². The van der Waals surface area contributed by atoms with E-state index >= 15 is 0 Å². The molecular formula is C28H24N2O4S2. The Morgan fingerprint density at radius 2 is 1.61 bits per heavy atom. The summed E-state index contributed by atoms with van der Waals surface area (Å²) in [7, 11) is 0. The van der Waals surface area contributed by atoms with Gasteiger partial charge in [0.1, 0.15) is 11.4 Å². The third-order valence-electron chi connectivity index (χ3n) is 6.20. The molecule has 2 unspecified atom stereocenters. The van der Waals surface area contributed by atoms with E-state index in [2.05, 4.69) is 18.5 Å². The van der Waals surface area contributed by atoms with Crippen LogP contribution in [0.3, 0.4) is 0 Å². The van der Waals surface area contributed by atoms with Gasteiger partial charge in [-0.25, -0.2) is 4.79 Å². The van der Waals surface area contributed by atoms with Gasteiger partial charge < -0.3 is 15.0 Å². The molecule has 182 valence electrons. The fraction of sp³-hybridized carbons (Fsp3) is 0.179. The zero-order valence-corrected chi connectivity index (χ0v) is 21.0. The van der Waals surface area contributed by atoms with Crippen LogP contribution in [0.1, 0.15) is 22.1 Å². The molecule has 0 saturated carbocycles. The first-order chi connectivity index (χ1) is 17.4. The molecule has 1 N–H and O–H groups in total. The molecule has 2 amide bonds. The van der Waals surface area contributed by atoms with Crippen molar-refractivity contribution in [2.24, 2.45) is 0 Å². The Labute approximate surface area is 217 Å². The van der Waals surface area contributed by atoms with E-state index in [-0.39, 0.29) is 18.2 Å². The van der Waals surface area contributed by atoms with Crippen molar-refractivity contribution >= 4 is 40.9 Å². The van der Waals surface area contributed by atoms with Crippen molar-refractivity contribution in [3.05, 3.63) is 118 Å². The van der Waals surface area contributed by atoms with Crippen LogP contribution in [0, 0.1) is 0 Å². The Morgan fingerprint density at radius 3 is 2.19 bits per heavy atom. The van der Waals surface area contributed by atoms with E-state index in [0.717, 1.165) is 16.0 Å². The monoisotopic (exact) mass is 516 g/mol. The number of benzene rings is 2. The molecule has 3 heterocycles. The molecule has 2 aliphatic rings. The van der Waals surface area contributed by atoms with Crippen LogP contribution in [0.4, 0.5) is 0 Å². The van der Waals surface area contributed by atoms with Crippen LogP contribution in [0.5, 0.6) is 0 Å². The molecule has 2 aliphatic heterocycles. The predicted octanol–water partition coefficient (Wildman–Crippen LogP) is 4.46. The number of nitrogens with one attached hydrogen (secondary N) is 1. The molecule has 3 atom stereocenters. The number of fused-ring (bicyclic) bond motifs is 1. The molecule has 3 aromatic rings. The molecule has 0 aliphatic carbocycles. The summed E-state index contributed by atoms with van der Waals surface area (Å²) in [4.78, 5) is 42.2. The predicted molar refractivity (Wildman–Crippen MR) is 141 cm³/mol. The Kier molecular flexibility index (Phi) is 6.80. The number of hydrogen-bond acceptors (Lipinski definition) is 6. The van der Waals surface area contributed by atoms with E-state index in [1.54, 1.807) is 0 Å². The smallest absolute Gasteiger partial charge is 0.334 e. The highest BCUT2D eigenvalue weighted by atomic mass is 32.2. The van der Waals surface area contributed by atoms with Crippen molar-refractivity contribution in [1.82, 2.24) is 10.2 Å². The van der Waals surface area contributed by atoms with Crippen LogP contribution >= 0.6 is 23.1 Å². The highest BCUT2D eigenvalue weighted by molar-refractivity contribution is 8.04. The van der Waals surface area contributed by atoms with Crippen molar-refractivity contribution in [2.75, 3.05) is 0 Å². The molecule has 36 heavy (non-hydrogen) atoms. The van der Waals surface area contributed by atoms with Gasteiger partial charge in [0.25, 0.3) is 0 Å². The van der Waals surface area contributed by atoms with E-state index in [1.807, 2.05) is 78.2 Å². The number of thioether (sulfide) groups is 1. The lowest BCUT2D eigenvalue weighted by Gasteiger charge is -2.53. The lowest BCUT2D eigenvalue weighted by Crippen LogP contribution is -2.74. The molecule has 1 aromatic heterocycles. The van der Waals surface area contributed by atoms with Crippen LogP contribution in [0.25, 0.3) is 0 Å². The van der Waals surface area contributed by atoms with Crippen molar-refractivity contribution in [2.45, 2.75) is 30.0 Å². The summed E-state index contributed by atoms with van der Waals surface area (Å²) in [5, 5.41) is 4.27. The number of esters is 1. The maximum absolute atomic E-state index is 13.6. The van der Waals surface area contributed by atoms with Crippen LogP contribution in [0.2, 0.25) is 0 Å². The Balaban J connectivity index is 1.35. The minimum Gasteiger partial charge on any atom is -0.451 e. The van der Waals surface area contributed by atoms with Gasteiger partial charge in [0, 0.05) is 9.78 Å². The first-order valence-electron chi connectivity index (χ1n) is 11.4. The summed E-state index contributed by atoms with van der Waals surface area (Å²) in [5.74, 6) is -1.15. The summed E-state index contributed by atoms with van der Waals surface area (Å²) < 4.78 is 6.04. The molecule has 6 nitrogen and oxygen atoms in total. The van der Waals surface area contributed by atoms with Crippen molar-refractivity contribution in [3.63, 3.8) is 0 Å². The maximum atomic E-state index is 13.6. The fourth-order valence-corrected chi connectivity index (χ4v) is 6.29. The molecule has 5 rings (SSSR count). The average molecular weight is 517 g/mol. The van der Waals surface area contributed by atoms with Gasteiger partial charge in [-0.3, -0.25) is 9.59 Å². The number of carbonyl (C=O) groups excluding carboxylic acids is 3. The second kappa shape index (κ2) is 10.2. The van der Waals surface area contributed by atoms with Crippen molar-refractivity contribution in [3.8, 4) is 0 Å². The number of β-lactam (4-membered cyclic amide) rings is 1. The molecular weight excluding hydrogens is 492 g/mol. The first-order valence-corrected chi connectivity index (χ1v) is 13.2. The summed E-state index contributed by atoms with van der Waals surface area (Å²) in [6.45, 7) is 8.09. The molecule has 2 aromatic carbocycles. The van der Waals surface area contributed by atoms with Crippen LogP contribution in [-0.4, -0.2) is 40.1 Å².